The van der Waals surface area contributed by atoms with Crippen LogP contribution in [-0.4, -0.2) is 47.1 Å². The van der Waals surface area contributed by atoms with Gasteiger partial charge in [0.05, 0.1) is 13.2 Å². The van der Waals surface area contributed by atoms with E-state index < -0.39 is 0 Å². The van der Waals surface area contributed by atoms with E-state index >= 15 is 0 Å². The van der Waals surface area contributed by atoms with E-state index in [0.717, 1.165) is 0 Å². The number of nitriles is 1. The second kappa shape index (κ2) is 6.27. The lowest BCUT2D eigenvalue weighted by Crippen LogP contribution is -2.44. The van der Waals surface area contributed by atoms with Crippen LogP contribution in [0.3, 0.4) is 0 Å². The molecule has 0 radical (unpaired) electrons. The van der Waals surface area contributed by atoms with Crippen molar-refractivity contribution < 1.29 is 14.6 Å². The van der Waals surface area contributed by atoms with Crippen LogP contribution >= 0.6 is 11.8 Å². The van der Waals surface area contributed by atoms with Crippen LogP contribution in [0.4, 0.5) is 0 Å². The normalized spacial score (nSPS) is 17.1. The van der Waals surface area contributed by atoms with Crippen LogP contribution in [0, 0.1) is 11.3 Å². The highest BCUT2D eigenvalue weighted by atomic mass is 32.2. The molecule has 5 nitrogen and oxygen atoms in total. The van der Waals surface area contributed by atoms with Crippen LogP contribution in [-0.2, 0) is 0 Å². The third-order valence-corrected chi connectivity index (χ3v) is 5.16. The molecule has 1 aliphatic rings. The molecule has 1 heterocycles. The fourth-order valence-electron chi connectivity index (χ4n) is 2.44. The first-order valence-electron chi connectivity index (χ1n) is 6.68. The summed E-state index contributed by atoms with van der Waals surface area (Å²) in [5.74, 6) is 0.174. The number of hydrogen-bond donors (Lipinski definition) is 1. The van der Waals surface area contributed by atoms with E-state index in [1.165, 1.54) is 13.2 Å². The van der Waals surface area contributed by atoms with Gasteiger partial charge < -0.3 is 14.7 Å². The highest BCUT2D eigenvalue weighted by Crippen LogP contribution is 2.34. The molecule has 6 heteroatoms. The maximum absolute atomic E-state index is 12.4. The zero-order valence-electron chi connectivity index (χ0n) is 12.1. The fraction of sp³-hybridized carbons (Fsp3) is 0.467. The molecule has 0 saturated carbocycles. The standard InChI is InChI=1S/C15H18N2O3S/c1-20-13-4-3-11(9-12(13)18)14(19)17-7-5-15(10-16,21-2)6-8-17/h3-4,9,18H,5-8H2,1-2H3. The molecular weight excluding hydrogens is 288 g/mol. The minimum absolute atomic E-state index is 0.0455. The summed E-state index contributed by atoms with van der Waals surface area (Å²) < 4.78 is 4.59. The maximum Gasteiger partial charge on any atom is 0.253 e. The minimum atomic E-state index is -0.376. The van der Waals surface area contributed by atoms with Gasteiger partial charge in [0.25, 0.3) is 5.91 Å². The Hall–Kier alpha value is -1.87. The molecule has 2 rings (SSSR count). The number of amides is 1. The van der Waals surface area contributed by atoms with Crippen LogP contribution in [0.25, 0.3) is 0 Å². The molecule has 0 unspecified atom stereocenters. The number of phenols is 1. The van der Waals surface area contributed by atoms with E-state index in [1.807, 2.05) is 6.26 Å². The topological polar surface area (TPSA) is 73.6 Å². The van der Waals surface area contributed by atoms with Gasteiger partial charge in [-0.15, -0.1) is 11.8 Å². The third kappa shape index (κ3) is 3.08. The van der Waals surface area contributed by atoms with Crippen LogP contribution in [0.5, 0.6) is 11.5 Å². The largest absolute Gasteiger partial charge is 0.504 e. The van der Waals surface area contributed by atoms with Crippen LogP contribution in [0.2, 0.25) is 0 Å². The van der Waals surface area contributed by atoms with Gasteiger partial charge in [-0.2, -0.15) is 5.26 Å². The number of thioether (sulfide) groups is 1. The molecule has 0 aliphatic carbocycles. The predicted octanol–water partition coefficient (Wildman–Crippen LogP) is 2.26. The second-order valence-corrected chi connectivity index (χ2v) is 6.18. The summed E-state index contributed by atoms with van der Waals surface area (Å²) >= 11 is 1.55. The molecule has 1 amide bonds. The number of carbonyl (C=O) groups is 1. The molecule has 112 valence electrons. The van der Waals surface area contributed by atoms with Crippen molar-refractivity contribution in [2.24, 2.45) is 0 Å². The molecule has 0 bridgehead atoms. The summed E-state index contributed by atoms with van der Waals surface area (Å²) in [5.41, 5.74) is 0.432. The van der Waals surface area contributed by atoms with E-state index in [2.05, 4.69) is 6.07 Å². The summed E-state index contributed by atoms with van der Waals surface area (Å²) in [6.07, 6.45) is 3.26. The lowest BCUT2D eigenvalue weighted by atomic mass is 9.96. The first-order valence-corrected chi connectivity index (χ1v) is 7.90. The first-order chi connectivity index (χ1) is 10.0. The van der Waals surface area contributed by atoms with Crippen molar-refractivity contribution in [2.45, 2.75) is 17.6 Å². The van der Waals surface area contributed by atoms with Crippen molar-refractivity contribution in [1.29, 1.82) is 5.26 Å². The minimum Gasteiger partial charge on any atom is -0.504 e. The zero-order chi connectivity index (χ0) is 15.5. The van der Waals surface area contributed by atoms with E-state index in [-0.39, 0.29) is 16.4 Å². The lowest BCUT2D eigenvalue weighted by Gasteiger charge is -2.36. The number of methoxy groups -OCH3 is 1. The second-order valence-electron chi connectivity index (χ2n) is 4.99. The molecule has 0 atom stereocenters. The number of likely N-dealkylation sites (tertiary alicyclic amines) is 1. The van der Waals surface area contributed by atoms with Gasteiger partial charge in [-0.25, -0.2) is 0 Å². The molecule has 1 aromatic rings. The van der Waals surface area contributed by atoms with Gasteiger partial charge in [0, 0.05) is 18.7 Å². The number of hydrogen-bond acceptors (Lipinski definition) is 5. The Balaban J connectivity index is 2.09. The maximum atomic E-state index is 12.4. The van der Waals surface area contributed by atoms with Crippen molar-refractivity contribution in [3.8, 4) is 17.6 Å². The summed E-state index contributed by atoms with van der Waals surface area (Å²) in [6, 6.07) is 7.00. The summed E-state index contributed by atoms with van der Waals surface area (Å²) in [7, 11) is 1.46. The molecule has 1 N–H and O–H groups in total. The quantitative estimate of drug-likeness (QED) is 0.927. The molecule has 1 saturated heterocycles. The zero-order valence-corrected chi connectivity index (χ0v) is 12.9. The summed E-state index contributed by atoms with van der Waals surface area (Å²) in [5, 5.41) is 19.0. The van der Waals surface area contributed by atoms with Crippen molar-refractivity contribution in [3.63, 3.8) is 0 Å². The van der Waals surface area contributed by atoms with E-state index in [4.69, 9.17) is 4.74 Å². The predicted molar refractivity (Wildman–Crippen MR) is 81.7 cm³/mol. The van der Waals surface area contributed by atoms with Crippen molar-refractivity contribution in [2.75, 3.05) is 26.5 Å². The number of carbonyl (C=O) groups excluding carboxylic acids is 1. The Morgan fingerprint density at radius 3 is 2.62 bits per heavy atom. The van der Waals surface area contributed by atoms with Gasteiger partial charge in [-0.3, -0.25) is 4.79 Å². The Kier molecular flexibility index (Phi) is 4.63. The molecule has 0 aromatic heterocycles. The van der Waals surface area contributed by atoms with Gasteiger partial charge in [-0.05, 0) is 37.3 Å². The van der Waals surface area contributed by atoms with Crippen LogP contribution in [0.15, 0.2) is 18.2 Å². The number of piperidine rings is 1. The number of rotatable bonds is 3. The van der Waals surface area contributed by atoms with Gasteiger partial charge in [-0.1, -0.05) is 0 Å². The third-order valence-electron chi connectivity index (χ3n) is 3.88. The average Bonchev–Trinajstić information content (AvgIpc) is 2.54. The SMILES string of the molecule is COc1ccc(C(=O)N2CCC(C#N)(SC)CC2)cc1O. The number of aromatic hydroxyl groups is 1. The molecule has 1 aromatic carbocycles. The van der Waals surface area contributed by atoms with Gasteiger partial charge >= 0.3 is 0 Å². The first kappa shape index (κ1) is 15.5. The fourth-order valence-corrected chi connectivity index (χ4v) is 3.12. The molecule has 1 aliphatic heterocycles. The Morgan fingerprint density at radius 2 is 2.14 bits per heavy atom. The number of benzene rings is 1. The molecule has 21 heavy (non-hydrogen) atoms. The summed E-state index contributed by atoms with van der Waals surface area (Å²) in [6.45, 7) is 1.11. The number of nitrogens with zero attached hydrogens (tertiary/aromatic N) is 2. The molecule has 1 fully saturated rings. The number of phenolic OH excluding ortho intramolecular Hbond substituents is 1. The van der Waals surface area contributed by atoms with E-state index in [1.54, 1.807) is 28.8 Å². The van der Waals surface area contributed by atoms with Gasteiger partial charge in [0.1, 0.15) is 4.75 Å². The van der Waals surface area contributed by atoms with E-state index in [0.29, 0.717) is 37.2 Å². The van der Waals surface area contributed by atoms with Crippen LogP contribution in [0.1, 0.15) is 23.2 Å². The van der Waals surface area contributed by atoms with Gasteiger partial charge in [0.15, 0.2) is 11.5 Å². The van der Waals surface area contributed by atoms with Crippen LogP contribution < -0.4 is 4.74 Å². The Labute approximate surface area is 128 Å². The van der Waals surface area contributed by atoms with Gasteiger partial charge in [0.2, 0.25) is 0 Å². The molecule has 0 spiro atoms. The monoisotopic (exact) mass is 306 g/mol. The Bertz CT molecular complexity index is 575. The van der Waals surface area contributed by atoms with E-state index in [9.17, 15) is 15.2 Å². The van der Waals surface area contributed by atoms with Crippen molar-refractivity contribution in [3.05, 3.63) is 23.8 Å². The highest BCUT2D eigenvalue weighted by Gasteiger charge is 2.35. The highest BCUT2D eigenvalue weighted by molar-refractivity contribution is 8.00. The molecular formula is C15H18N2O3S. The van der Waals surface area contributed by atoms with Crippen molar-refractivity contribution >= 4 is 17.7 Å². The Morgan fingerprint density at radius 1 is 1.48 bits per heavy atom. The smallest absolute Gasteiger partial charge is 0.253 e. The number of ether oxygens (including phenoxy) is 1. The average molecular weight is 306 g/mol. The summed E-state index contributed by atoms with van der Waals surface area (Å²) in [4.78, 5) is 14.2. The van der Waals surface area contributed by atoms with Crippen molar-refractivity contribution in [1.82, 2.24) is 4.90 Å². The lowest BCUT2D eigenvalue weighted by molar-refractivity contribution is 0.0716.